The van der Waals surface area contributed by atoms with Gasteiger partial charge in [-0.15, -0.1) is 0 Å². The molecule has 0 aliphatic carbocycles. The Morgan fingerprint density at radius 1 is 1.34 bits per heavy atom. The Labute approximate surface area is 191 Å². The summed E-state index contributed by atoms with van der Waals surface area (Å²) in [6.45, 7) is 7.61. The van der Waals surface area contributed by atoms with Crippen LogP contribution in [0.3, 0.4) is 0 Å². The Balaban J connectivity index is 2.65. The number of hydrogen-bond acceptors (Lipinski definition) is 7. The molecular formula is C24H36N4O4. The highest BCUT2D eigenvalue weighted by atomic mass is 16.5. The van der Waals surface area contributed by atoms with Gasteiger partial charge in [0.1, 0.15) is 17.4 Å². The van der Waals surface area contributed by atoms with Gasteiger partial charge in [-0.1, -0.05) is 19.1 Å². The van der Waals surface area contributed by atoms with Gasteiger partial charge in [0.15, 0.2) is 5.88 Å². The van der Waals surface area contributed by atoms with E-state index in [-0.39, 0.29) is 18.8 Å². The monoisotopic (exact) mass is 444 g/mol. The van der Waals surface area contributed by atoms with E-state index < -0.39 is 5.91 Å². The van der Waals surface area contributed by atoms with E-state index in [9.17, 15) is 10.1 Å². The van der Waals surface area contributed by atoms with E-state index in [1.807, 2.05) is 33.0 Å². The number of aliphatic hydroxyl groups is 1. The molecule has 0 aliphatic heterocycles. The number of ether oxygens (including phenoxy) is 1. The lowest BCUT2D eigenvalue weighted by atomic mass is 10.1. The molecule has 8 heteroatoms. The number of carbonyl (C=O) groups is 1. The van der Waals surface area contributed by atoms with Crippen molar-refractivity contribution in [3.63, 3.8) is 0 Å². The van der Waals surface area contributed by atoms with Gasteiger partial charge >= 0.3 is 0 Å². The first kappa shape index (κ1) is 27.0. The van der Waals surface area contributed by atoms with E-state index in [4.69, 9.17) is 14.3 Å². The minimum atomic E-state index is -0.420. The number of nitriles is 1. The van der Waals surface area contributed by atoms with Gasteiger partial charge in [0.05, 0.1) is 19.8 Å². The zero-order valence-electron chi connectivity index (χ0n) is 19.6. The molecule has 32 heavy (non-hydrogen) atoms. The Hall–Kier alpha value is -3.02. The van der Waals surface area contributed by atoms with Crippen LogP contribution in [0.4, 0.5) is 5.88 Å². The van der Waals surface area contributed by atoms with Gasteiger partial charge in [0, 0.05) is 38.0 Å². The number of nitrogens with zero attached hydrogens (tertiary/aromatic N) is 1. The van der Waals surface area contributed by atoms with Gasteiger partial charge in [-0.2, -0.15) is 5.26 Å². The number of aryl methyl sites for hydroxylation is 1. The van der Waals surface area contributed by atoms with Crippen molar-refractivity contribution < 1.29 is 19.1 Å². The first-order valence-corrected chi connectivity index (χ1v) is 11.0. The van der Waals surface area contributed by atoms with E-state index >= 15 is 0 Å². The third-order valence-corrected chi connectivity index (χ3v) is 4.70. The number of furan rings is 1. The van der Waals surface area contributed by atoms with Gasteiger partial charge in [0.25, 0.3) is 5.91 Å². The maximum atomic E-state index is 12.5. The molecule has 0 aliphatic rings. The lowest BCUT2D eigenvalue weighted by molar-refractivity contribution is -0.117. The van der Waals surface area contributed by atoms with Crippen LogP contribution in [0, 0.1) is 18.3 Å². The van der Waals surface area contributed by atoms with Crippen molar-refractivity contribution >= 4 is 17.9 Å². The van der Waals surface area contributed by atoms with Crippen LogP contribution in [0.15, 0.2) is 39.5 Å². The Bertz CT molecular complexity index is 841. The zero-order valence-corrected chi connectivity index (χ0v) is 19.6. The highest BCUT2D eigenvalue weighted by Gasteiger charge is 2.12. The molecule has 0 radical (unpaired) electrons. The van der Waals surface area contributed by atoms with Crippen LogP contribution < -0.4 is 16.0 Å². The minimum Gasteiger partial charge on any atom is -0.441 e. The summed E-state index contributed by atoms with van der Waals surface area (Å²) in [5.41, 5.74) is 3.21. The van der Waals surface area contributed by atoms with Crippen LogP contribution in [0.25, 0.3) is 6.08 Å². The number of anilines is 1. The van der Waals surface area contributed by atoms with Crippen molar-refractivity contribution in [2.45, 2.75) is 40.0 Å². The van der Waals surface area contributed by atoms with Gasteiger partial charge < -0.3 is 30.2 Å². The topological polar surface area (TPSA) is 120 Å². The largest absolute Gasteiger partial charge is 0.441 e. The number of allylic oxidation sites excluding steroid dienone is 4. The molecule has 8 nitrogen and oxygen atoms in total. The normalized spacial score (nSPS) is 12.4. The summed E-state index contributed by atoms with van der Waals surface area (Å²) in [6, 6.07) is 3.75. The molecular weight excluding hydrogens is 408 g/mol. The molecule has 0 saturated carbocycles. The van der Waals surface area contributed by atoms with Crippen molar-refractivity contribution in [3.8, 4) is 6.07 Å². The molecule has 0 fully saturated rings. The number of amides is 1. The third-order valence-electron chi connectivity index (χ3n) is 4.70. The second-order valence-corrected chi connectivity index (χ2v) is 7.06. The fraction of sp³-hybridized carbons (Fsp3) is 0.500. The van der Waals surface area contributed by atoms with E-state index in [1.165, 1.54) is 17.3 Å². The van der Waals surface area contributed by atoms with Crippen LogP contribution in [-0.2, 0) is 9.53 Å². The molecule has 1 aromatic heterocycles. The highest BCUT2D eigenvalue weighted by molar-refractivity contribution is 6.01. The summed E-state index contributed by atoms with van der Waals surface area (Å²) in [6.07, 6.45) is 8.06. The summed E-state index contributed by atoms with van der Waals surface area (Å²) in [5.74, 6) is 0.560. The molecule has 1 heterocycles. The maximum Gasteiger partial charge on any atom is 0.262 e. The molecule has 0 aromatic carbocycles. The average molecular weight is 445 g/mol. The molecule has 4 N–H and O–H groups in total. The molecule has 1 rings (SSSR count). The first-order chi connectivity index (χ1) is 15.5. The lowest BCUT2D eigenvalue weighted by Gasteiger charge is -2.11. The highest BCUT2D eigenvalue weighted by Crippen LogP contribution is 2.21. The van der Waals surface area contributed by atoms with Gasteiger partial charge in [-0.25, -0.2) is 0 Å². The molecule has 1 aromatic rings. The Kier molecular flexibility index (Phi) is 13.3. The van der Waals surface area contributed by atoms with Crippen molar-refractivity contribution in [3.05, 3.63) is 46.4 Å². The van der Waals surface area contributed by atoms with Crippen LogP contribution in [0.2, 0.25) is 0 Å². The van der Waals surface area contributed by atoms with Gasteiger partial charge in [-0.05, 0) is 44.2 Å². The quantitative estimate of drug-likeness (QED) is 0.142. The average Bonchev–Trinajstić information content (AvgIpc) is 3.14. The summed E-state index contributed by atoms with van der Waals surface area (Å²) in [7, 11) is 1.91. The molecule has 1 amide bonds. The molecule has 176 valence electrons. The van der Waals surface area contributed by atoms with Crippen molar-refractivity contribution in [2.75, 3.05) is 45.3 Å². The summed E-state index contributed by atoms with van der Waals surface area (Å²) >= 11 is 0. The fourth-order valence-electron chi connectivity index (χ4n) is 3.10. The first-order valence-electron chi connectivity index (χ1n) is 11.0. The zero-order chi connectivity index (χ0) is 23.8. The summed E-state index contributed by atoms with van der Waals surface area (Å²) in [5, 5.41) is 27.2. The third kappa shape index (κ3) is 9.41. The second-order valence-electron chi connectivity index (χ2n) is 7.06. The number of carbonyl (C=O) groups excluding carboxylic acids is 1. The molecule has 0 spiro atoms. The number of nitrogens with one attached hydrogen (secondary N) is 3. The molecule has 0 unspecified atom stereocenters. The fourth-order valence-corrected chi connectivity index (χ4v) is 3.10. The Morgan fingerprint density at radius 3 is 2.75 bits per heavy atom. The minimum absolute atomic E-state index is 0.00558. The number of aliphatic hydroxyl groups excluding tert-OH is 1. The van der Waals surface area contributed by atoms with Gasteiger partial charge in [0.2, 0.25) is 0 Å². The van der Waals surface area contributed by atoms with Crippen molar-refractivity contribution in [1.82, 2.24) is 10.6 Å². The predicted molar refractivity (Wildman–Crippen MR) is 127 cm³/mol. The van der Waals surface area contributed by atoms with Crippen LogP contribution in [0.1, 0.15) is 44.4 Å². The maximum absolute atomic E-state index is 12.5. The smallest absolute Gasteiger partial charge is 0.262 e. The molecule has 0 saturated heterocycles. The van der Waals surface area contributed by atoms with E-state index in [0.29, 0.717) is 31.3 Å². The standard InChI is InChI=1S/C24H36N4O4/c1-5-8-19(21(6-2)26-4)9-7-10-28-24(30)20(17-25)16-22-18(3)15-23(32-22)27-11-13-31-14-12-29/h5,8,15-16,26-27,29H,6-7,9-14H2,1-4H3,(H,28,30)/b8-5-,20-16+,21-19-. The molecule has 0 bridgehead atoms. The molecule has 0 atom stereocenters. The van der Waals surface area contributed by atoms with Crippen molar-refractivity contribution in [1.29, 1.82) is 5.26 Å². The predicted octanol–water partition coefficient (Wildman–Crippen LogP) is 3.27. The van der Waals surface area contributed by atoms with E-state index in [0.717, 1.165) is 24.8 Å². The Morgan fingerprint density at radius 2 is 2.12 bits per heavy atom. The number of rotatable bonds is 15. The lowest BCUT2D eigenvalue weighted by Crippen LogP contribution is -2.25. The van der Waals surface area contributed by atoms with Crippen molar-refractivity contribution in [2.24, 2.45) is 0 Å². The second kappa shape index (κ2) is 15.7. The van der Waals surface area contributed by atoms with Crippen LogP contribution in [0.5, 0.6) is 0 Å². The van der Waals surface area contributed by atoms with Gasteiger partial charge in [-0.3, -0.25) is 4.79 Å². The van der Waals surface area contributed by atoms with E-state index in [2.05, 4.69) is 29.0 Å². The van der Waals surface area contributed by atoms with Crippen LogP contribution >= 0.6 is 0 Å². The van der Waals surface area contributed by atoms with E-state index in [1.54, 1.807) is 6.07 Å². The van der Waals surface area contributed by atoms with Crippen LogP contribution in [-0.4, -0.2) is 51.0 Å². The number of hydrogen-bond donors (Lipinski definition) is 4. The summed E-state index contributed by atoms with van der Waals surface area (Å²) in [4.78, 5) is 12.5. The SMILES string of the molecule is C/C=C\C(CCCNC(=O)/C(C#N)=C/c1oc(NCCOCCO)cc1C)=C(/CC)NC. The summed E-state index contributed by atoms with van der Waals surface area (Å²) < 4.78 is 10.9.